The summed E-state index contributed by atoms with van der Waals surface area (Å²) in [7, 11) is 0. The van der Waals surface area contributed by atoms with Crippen LogP contribution in [0.25, 0.3) is 115 Å². The lowest BCUT2D eigenvalue weighted by molar-refractivity contribution is 0.670. The summed E-state index contributed by atoms with van der Waals surface area (Å²) < 4.78 is 11.7. The van der Waals surface area contributed by atoms with Gasteiger partial charge in [-0.15, -0.1) is 11.3 Å². The number of furan rings is 1. The predicted molar refractivity (Wildman–Crippen MR) is 236 cm³/mol. The normalized spacial score (nSPS) is 11.9. The summed E-state index contributed by atoms with van der Waals surface area (Å²) >= 11 is 1.80. The molecule has 0 radical (unpaired) electrons. The van der Waals surface area contributed by atoms with Gasteiger partial charge in [0.1, 0.15) is 11.2 Å². The number of rotatable bonds is 5. The van der Waals surface area contributed by atoms with E-state index < -0.39 is 0 Å². The summed E-state index contributed by atoms with van der Waals surface area (Å²) in [6, 6.07) is 63.8. The molecule has 12 aromatic rings. The number of fused-ring (bicyclic) bond motifs is 9. The molecule has 0 atom stereocenters. The minimum Gasteiger partial charge on any atom is -0.455 e. The van der Waals surface area contributed by atoms with Gasteiger partial charge in [0.05, 0.1) is 16.6 Å². The van der Waals surface area contributed by atoms with Crippen molar-refractivity contribution in [1.29, 1.82) is 0 Å². The largest absolute Gasteiger partial charge is 0.455 e. The summed E-state index contributed by atoms with van der Waals surface area (Å²) in [6.45, 7) is 0. The Labute approximate surface area is 330 Å². The fourth-order valence-electron chi connectivity index (χ4n) is 8.35. The van der Waals surface area contributed by atoms with Crippen molar-refractivity contribution in [1.82, 2.24) is 19.5 Å². The highest BCUT2D eigenvalue weighted by Crippen LogP contribution is 2.41. The van der Waals surface area contributed by atoms with E-state index in [0.717, 1.165) is 66.5 Å². The SMILES string of the molecule is c1ccc(-c2ccc(-c3nc(-c4ccc5sc6ccccc6c5c4)nc(-c4cccc5c4oc4cc6c(cc45)c4ccccc4n6-c4ccccc4)n3)cc2)cc1. The van der Waals surface area contributed by atoms with Gasteiger partial charge in [-0.2, -0.15) is 0 Å². The maximum Gasteiger partial charge on any atom is 0.167 e. The monoisotopic (exact) mass is 746 g/mol. The van der Waals surface area contributed by atoms with E-state index in [1.807, 2.05) is 6.07 Å². The molecular weight excluding hydrogens is 717 g/mol. The molecule has 0 aliphatic heterocycles. The van der Waals surface area contributed by atoms with Crippen LogP contribution in [0.5, 0.6) is 0 Å². The Kier molecular flexibility index (Phi) is 7.03. The second-order valence-corrected chi connectivity index (χ2v) is 15.5. The molecule has 0 N–H and O–H groups in total. The summed E-state index contributed by atoms with van der Waals surface area (Å²) in [5.41, 5.74) is 9.88. The van der Waals surface area contributed by atoms with Gasteiger partial charge >= 0.3 is 0 Å². The van der Waals surface area contributed by atoms with E-state index in [1.54, 1.807) is 11.3 Å². The Hall–Kier alpha value is -7.41. The van der Waals surface area contributed by atoms with Gasteiger partial charge in [0.15, 0.2) is 17.5 Å². The van der Waals surface area contributed by atoms with Crippen molar-refractivity contribution in [2.45, 2.75) is 0 Å². The number of aromatic nitrogens is 4. The predicted octanol–water partition coefficient (Wildman–Crippen LogP) is 13.9. The second kappa shape index (κ2) is 12.6. The van der Waals surface area contributed by atoms with E-state index >= 15 is 0 Å². The van der Waals surface area contributed by atoms with E-state index in [1.165, 1.54) is 30.9 Å². The molecule has 6 heteroatoms. The molecule has 0 spiro atoms. The van der Waals surface area contributed by atoms with Crippen LogP contribution in [0.1, 0.15) is 0 Å². The molecule has 8 aromatic carbocycles. The molecule has 57 heavy (non-hydrogen) atoms. The molecule has 4 heterocycles. The third kappa shape index (κ3) is 5.12. The van der Waals surface area contributed by atoms with Gasteiger partial charge in [-0.1, -0.05) is 121 Å². The van der Waals surface area contributed by atoms with Crippen molar-refractivity contribution in [3.05, 3.63) is 182 Å². The molecule has 0 aliphatic rings. The first kappa shape index (κ1) is 31.9. The topological polar surface area (TPSA) is 56.7 Å². The summed E-state index contributed by atoms with van der Waals surface area (Å²) in [4.78, 5) is 15.5. The molecule has 0 aliphatic carbocycles. The molecule has 0 fully saturated rings. The van der Waals surface area contributed by atoms with E-state index in [0.29, 0.717) is 17.5 Å². The smallest absolute Gasteiger partial charge is 0.167 e. The van der Waals surface area contributed by atoms with Gasteiger partial charge in [0.2, 0.25) is 0 Å². The van der Waals surface area contributed by atoms with Gasteiger partial charge < -0.3 is 8.98 Å². The van der Waals surface area contributed by atoms with Crippen LogP contribution in [-0.4, -0.2) is 19.5 Å². The molecule has 5 nitrogen and oxygen atoms in total. The van der Waals surface area contributed by atoms with Gasteiger partial charge in [0, 0.05) is 64.6 Å². The Balaban J connectivity index is 1.07. The lowest BCUT2D eigenvalue weighted by Gasteiger charge is -2.10. The highest BCUT2D eigenvalue weighted by molar-refractivity contribution is 7.25. The van der Waals surface area contributed by atoms with Crippen LogP contribution in [0.15, 0.2) is 186 Å². The molecule has 0 unspecified atom stereocenters. The Morgan fingerprint density at radius 1 is 0.386 bits per heavy atom. The lowest BCUT2D eigenvalue weighted by atomic mass is 10.0. The zero-order valence-electron chi connectivity index (χ0n) is 30.4. The first-order valence-electron chi connectivity index (χ1n) is 19.0. The molecule has 0 saturated carbocycles. The zero-order chi connectivity index (χ0) is 37.5. The number of thiophene rings is 1. The minimum absolute atomic E-state index is 0.561. The second-order valence-electron chi connectivity index (χ2n) is 14.4. The molecule has 0 amide bonds. The molecule has 0 bridgehead atoms. The van der Waals surface area contributed by atoms with Crippen LogP contribution >= 0.6 is 11.3 Å². The Morgan fingerprint density at radius 3 is 1.86 bits per heavy atom. The lowest BCUT2D eigenvalue weighted by Crippen LogP contribution is -2.00. The number of hydrogen-bond acceptors (Lipinski definition) is 5. The van der Waals surface area contributed by atoms with E-state index in [4.69, 9.17) is 19.4 Å². The van der Waals surface area contributed by atoms with Crippen LogP contribution in [0.3, 0.4) is 0 Å². The fraction of sp³-hybridized carbons (Fsp3) is 0. The number of nitrogens with zero attached hydrogens (tertiary/aromatic N) is 4. The molecule has 12 rings (SSSR count). The fourth-order valence-corrected chi connectivity index (χ4v) is 9.44. The molecular formula is C51H30N4OS. The van der Waals surface area contributed by atoms with E-state index in [2.05, 4.69) is 180 Å². The average molecular weight is 747 g/mol. The van der Waals surface area contributed by atoms with Crippen molar-refractivity contribution < 1.29 is 4.42 Å². The van der Waals surface area contributed by atoms with Crippen LogP contribution in [0, 0.1) is 0 Å². The van der Waals surface area contributed by atoms with Crippen LogP contribution < -0.4 is 0 Å². The third-order valence-corrected chi connectivity index (χ3v) is 12.2. The zero-order valence-corrected chi connectivity index (χ0v) is 31.2. The maximum absolute atomic E-state index is 6.87. The Bertz CT molecular complexity index is 3510. The van der Waals surface area contributed by atoms with Crippen LogP contribution in [0.4, 0.5) is 0 Å². The number of para-hydroxylation sites is 3. The number of hydrogen-bond donors (Lipinski definition) is 0. The van der Waals surface area contributed by atoms with Gasteiger partial charge in [-0.25, -0.2) is 15.0 Å². The highest BCUT2D eigenvalue weighted by atomic mass is 32.1. The maximum atomic E-state index is 6.87. The van der Waals surface area contributed by atoms with Crippen molar-refractivity contribution >= 4 is 75.3 Å². The summed E-state index contributed by atoms with van der Waals surface area (Å²) in [5.74, 6) is 1.78. The van der Waals surface area contributed by atoms with E-state index in [9.17, 15) is 0 Å². The molecule has 266 valence electrons. The van der Waals surface area contributed by atoms with Crippen LogP contribution in [-0.2, 0) is 0 Å². The average Bonchev–Trinajstić information content (AvgIpc) is 3.95. The molecule has 0 saturated heterocycles. The number of benzene rings is 8. The first-order valence-corrected chi connectivity index (χ1v) is 19.8. The summed E-state index contributed by atoms with van der Waals surface area (Å²) in [6.07, 6.45) is 0. The van der Waals surface area contributed by atoms with Crippen LogP contribution in [0.2, 0.25) is 0 Å². The minimum atomic E-state index is 0.561. The third-order valence-electron chi connectivity index (χ3n) is 11.1. The van der Waals surface area contributed by atoms with Gasteiger partial charge in [0.25, 0.3) is 0 Å². The summed E-state index contributed by atoms with van der Waals surface area (Å²) in [5, 5.41) is 6.87. The van der Waals surface area contributed by atoms with Gasteiger partial charge in [-0.3, -0.25) is 0 Å². The van der Waals surface area contributed by atoms with Crippen molar-refractivity contribution in [3.8, 4) is 51.0 Å². The van der Waals surface area contributed by atoms with Crippen molar-refractivity contribution in [3.63, 3.8) is 0 Å². The van der Waals surface area contributed by atoms with Crippen molar-refractivity contribution in [2.24, 2.45) is 0 Å². The quantitative estimate of drug-likeness (QED) is 0.176. The molecule has 4 aromatic heterocycles. The first-order chi connectivity index (χ1) is 28.2. The van der Waals surface area contributed by atoms with E-state index in [-0.39, 0.29) is 0 Å². The Morgan fingerprint density at radius 2 is 1.02 bits per heavy atom. The standard InChI is InChI=1S/C51H30N4OS/c1-3-12-31(13-4-1)32-22-24-33(25-23-32)49-52-50(34-26-27-47-42(28-34)37-17-8-10-21-46(37)57-47)54-51(53-49)39-19-11-18-38-41-29-40-36-16-7-9-20-43(36)55(35-14-5-2-6-15-35)44(40)30-45(41)56-48(38)39/h1-30H. The van der Waals surface area contributed by atoms with Crippen molar-refractivity contribution in [2.75, 3.05) is 0 Å². The van der Waals surface area contributed by atoms with Gasteiger partial charge in [-0.05, 0) is 65.7 Å². The highest BCUT2D eigenvalue weighted by Gasteiger charge is 2.21.